The molecule has 0 amide bonds. The van der Waals surface area contributed by atoms with Crippen molar-refractivity contribution in [2.75, 3.05) is 31.1 Å². The highest BCUT2D eigenvalue weighted by atomic mass is 16.5. The van der Waals surface area contributed by atoms with Crippen molar-refractivity contribution in [3.8, 4) is 5.75 Å². The van der Waals surface area contributed by atoms with Crippen LogP contribution in [-0.2, 0) is 0 Å². The molecule has 3 nitrogen and oxygen atoms in total. The fourth-order valence-corrected chi connectivity index (χ4v) is 2.65. The van der Waals surface area contributed by atoms with Crippen molar-refractivity contribution in [1.29, 1.82) is 0 Å². The van der Waals surface area contributed by atoms with Crippen LogP contribution in [0.2, 0.25) is 0 Å². The summed E-state index contributed by atoms with van der Waals surface area (Å²) in [6.45, 7) is 10.8. The largest absolute Gasteiger partial charge is 0.494 e. The van der Waals surface area contributed by atoms with Crippen molar-refractivity contribution >= 4 is 5.69 Å². The predicted molar refractivity (Wildman–Crippen MR) is 85.8 cm³/mol. The van der Waals surface area contributed by atoms with Crippen LogP contribution in [0.1, 0.15) is 40.0 Å². The Bertz CT molecular complexity index is 404. The Morgan fingerprint density at radius 3 is 2.65 bits per heavy atom. The molecule has 1 atom stereocenters. The zero-order chi connectivity index (χ0) is 14.4. The van der Waals surface area contributed by atoms with E-state index in [1.165, 1.54) is 12.1 Å². The Labute approximate surface area is 123 Å². The molecule has 0 radical (unpaired) electrons. The molecule has 20 heavy (non-hydrogen) atoms. The van der Waals surface area contributed by atoms with Crippen LogP contribution >= 0.6 is 0 Å². The molecule has 112 valence electrons. The van der Waals surface area contributed by atoms with Crippen LogP contribution < -0.4 is 15.0 Å². The van der Waals surface area contributed by atoms with E-state index in [4.69, 9.17) is 4.74 Å². The quantitative estimate of drug-likeness (QED) is 0.891. The normalized spacial score (nSPS) is 23.4. The molecule has 3 heteroatoms. The van der Waals surface area contributed by atoms with Gasteiger partial charge in [0.15, 0.2) is 0 Å². The minimum absolute atomic E-state index is 0.216. The first kappa shape index (κ1) is 15.2. The van der Waals surface area contributed by atoms with E-state index >= 15 is 0 Å². The average Bonchev–Trinajstić information content (AvgIpc) is 2.68. The van der Waals surface area contributed by atoms with Gasteiger partial charge in [-0.25, -0.2) is 0 Å². The predicted octanol–water partition coefficient (Wildman–Crippen LogP) is 3.44. The molecule has 1 aliphatic heterocycles. The number of benzene rings is 1. The molecular weight excluding hydrogens is 248 g/mol. The lowest BCUT2D eigenvalue weighted by Crippen LogP contribution is -2.48. The summed E-state index contributed by atoms with van der Waals surface area (Å²) in [6, 6.07) is 8.55. The van der Waals surface area contributed by atoms with Crippen LogP contribution in [0.3, 0.4) is 0 Å². The average molecular weight is 276 g/mol. The fourth-order valence-electron chi connectivity index (χ4n) is 2.65. The zero-order valence-electron chi connectivity index (χ0n) is 13.1. The van der Waals surface area contributed by atoms with Crippen molar-refractivity contribution in [2.24, 2.45) is 0 Å². The molecule has 0 spiro atoms. The molecule has 1 aliphatic rings. The summed E-state index contributed by atoms with van der Waals surface area (Å²) < 4.78 is 5.65. The van der Waals surface area contributed by atoms with Gasteiger partial charge in [0.25, 0.3) is 0 Å². The van der Waals surface area contributed by atoms with Gasteiger partial charge in [-0.05, 0) is 57.0 Å². The second-order valence-electron chi connectivity index (χ2n) is 5.96. The molecule has 0 aliphatic carbocycles. The van der Waals surface area contributed by atoms with E-state index in [0.29, 0.717) is 0 Å². The Hall–Kier alpha value is -1.22. The summed E-state index contributed by atoms with van der Waals surface area (Å²) in [6.07, 6.45) is 3.40. The van der Waals surface area contributed by atoms with Gasteiger partial charge in [-0.3, -0.25) is 0 Å². The number of rotatable bonds is 5. The summed E-state index contributed by atoms with van der Waals surface area (Å²) >= 11 is 0. The standard InChI is InChI=1S/C17H28N2O/c1-4-13-20-16-9-7-15(8-10-16)19-12-6-11-18-17(3,5-2)14-19/h7-10,18H,4-6,11-14H2,1-3H3. The third-order valence-corrected chi connectivity index (χ3v) is 4.15. The smallest absolute Gasteiger partial charge is 0.119 e. The summed E-state index contributed by atoms with van der Waals surface area (Å²) in [7, 11) is 0. The molecule has 1 heterocycles. The number of nitrogens with one attached hydrogen (secondary N) is 1. The Morgan fingerprint density at radius 2 is 2.00 bits per heavy atom. The lowest BCUT2D eigenvalue weighted by Gasteiger charge is -2.34. The van der Waals surface area contributed by atoms with Crippen molar-refractivity contribution < 1.29 is 4.74 Å². The van der Waals surface area contributed by atoms with E-state index in [2.05, 4.69) is 55.3 Å². The molecule has 0 aromatic heterocycles. The second-order valence-corrected chi connectivity index (χ2v) is 5.96. The Balaban J connectivity index is 2.05. The van der Waals surface area contributed by atoms with E-state index in [0.717, 1.165) is 44.8 Å². The van der Waals surface area contributed by atoms with Crippen molar-refractivity contribution in [2.45, 2.75) is 45.6 Å². The molecule has 1 aromatic carbocycles. The number of hydrogen-bond donors (Lipinski definition) is 1. The molecule has 1 N–H and O–H groups in total. The summed E-state index contributed by atoms with van der Waals surface area (Å²) in [5.41, 5.74) is 1.52. The highest BCUT2D eigenvalue weighted by Crippen LogP contribution is 2.24. The van der Waals surface area contributed by atoms with Gasteiger partial charge in [-0.2, -0.15) is 0 Å². The minimum Gasteiger partial charge on any atom is -0.494 e. The van der Waals surface area contributed by atoms with E-state index < -0.39 is 0 Å². The van der Waals surface area contributed by atoms with Gasteiger partial charge < -0.3 is 15.0 Å². The molecule has 1 fully saturated rings. The van der Waals surface area contributed by atoms with Gasteiger partial charge in [-0.15, -0.1) is 0 Å². The number of ether oxygens (including phenoxy) is 1. The topological polar surface area (TPSA) is 24.5 Å². The fraction of sp³-hybridized carbons (Fsp3) is 0.647. The molecule has 0 bridgehead atoms. The van der Waals surface area contributed by atoms with E-state index in [9.17, 15) is 0 Å². The van der Waals surface area contributed by atoms with Gasteiger partial charge in [0.1, 0.15) is 5.75 Å². The third kappa shape index (κ3) is 3.89. The monoisotopic (exact) mass is 276 g/mol. The van der Waals surface area contributed by atoms with Crippen LogP contribution in [0.5, 0.6) is 5.75 Å². The number of anilines is 1. The maximum Gasteiger partial charge on any atom is 0.119 e. The Morgan fingerprint density at radius 1 is 1.25 bits per heavy atom. The van der Waals surface area contributed by atoms with Gasteiger partial charge in [0.2, 0.25) is 0 Å². The molecule has 2 rings (SSSR count). The molecule has 1 unspecified atom stereocenters. The summed E-state index contributed by atoms with van der Waals surface area (Å²) in [5.74, 6) is 0.974. The first-order valence-corrected chi connectivity index (χ1v) is 7.90. The lowest BCUT2D eigenvalue weighted by atomic mass is 9.98. The van der Waals surface area contributed by atoms with Crippen molar-refractivity contribution in [3.63, 3.8) is 0 Å². The second kappa shape index (κ2) is 6.98. The lowest BCUT2D eigenvalue weighted by molar-refractivity contribution is 0.317. The van der Waals surface area contributed by atoms with Crippen molar-refractivity contribution in [3.05, 3.63) is 24.3 Å². The van der Waals surface area contributed by atoms with Crippen LogP contribution in [0, 0.1) is 0 Å². The number of nitrogens with zero attached hydrogens (tertiary/aromatic N) is 1. The van der Waals surface area contributed by atoms with Gasteiger partial charge in [0.05, 0.1) is 6.61 Å². The van der Waals surface area contributed by atoms with Crippen LogP contribution in [0.15, 0.2) is 24.3 Å². The van der Waals surface area contributed by atoms with Gasteiger partial charge in [-0.1, -0.05) is 13.8 Å². The molecule has 1 aromatic rings. The molecule has 1 saturated heterocycles. The van der Waals surface area contributed by atoms with Crippen LogP contribution in [0.25, 0.3) is 0 Å². The molecule has 0 saturated carbocycles. The van der Waals surface area contributed by atoms with E-state index in [-0.39, 0.29) is 5.54 Å². The minimum atomic E-state index is 0.216. The maximum absolute atomic E-state index is 5.65. The van der Waals surface area contributed by atoms with Gasteiger partial charge in [0, 0.05) is 24.3 Å². The highest BCUT2D eigenvalue weighted by Gasteiger charge is 2.27. The molecular formula is C17H28N2O. The van der Waals surface area contributed by atoms with E-state index in [1.807, 2.05) is 0 Å². The zero-order valence-corrected chi connectivity index (χ0v) is 13.1. The highest BCUT2D eigenvalue weighted by molar-refractivity contribution is 5.49. The van der Waals surface area contributed by atoms with Crippen LogP contribution in [-0.4, -0.2) is 31.8 Å². The number of hydrogen-bond acceptors (Lipinski definition) is 3. The van der Waals surface area contributed by atoms with Gasteiger partial charge >= 0.3 is 0 Å². The Kier molecular flexibility index (Phi) is 5.30. The first-order valence-electron chi connectivity index (χ1n) is 7.90. The summed E-state index contributed by atoms with van der Waals surface area (Å²) in [5, 5.41) is 3.68. The first-order chi connectivity index (χ1) is 9.67. The maximum atomic E-state index is 5.65. The van der Waals surface area contributed by atoms with E-state index in [1.54, 1.807) is 0 Å². The summed E-state index contributed by atoms with van der Waals surface area (Å²) in [4.78, 5) is 2.49. The third-order valence-electron chi connectivity index (χ3n) is 4.15. The van der Waals surface area contributed by atoms with Crippen LogP contribution in [0.4, 0.5) is 5.69 Å². The van der Waals surface area contributed by atoms with Crippen molar-refractivity contribution in [1.82, 2.24) is 5.32 Å². The SMILES string of the molecule is CCCOc1ccc(N2CCCNC(C)(CC)C2)cc1.